The van der Waals surface area contributed by atoms with Gasteiger partial charge in [-0.25, -0.2) is 21.6 Å². The number of nitrogens with two attached hydrogens (primary N) is 1. The van der Waals surface area contributed by atoms with E-state index < -0.39 is 51.4 Å². The molecule has 0 aliphatic carbocycles. The van der Waals surface area contributed by atoms with Crippen LogP contribution in [-0.4, -0.2) is 55.3 Å². The van der Waals surface area contributed by atoms with Gasteiger partial charge in [0.25, 0.3) is 0 Å². The molecule has 12 heteroatoms. The van der Waals surface area contributed by atoms with Gasteiger partial charge in [0.2, 0.25) is 15.9 Å². The number of hydrogen-bond acceptors (Lipinski definition) is 6. The summed E-state index contributed by atoms with van der Waals surface area (Å²) in [4.78, 5) is 17.6. The topological polar surface area (TPSA) is 117 Å². The summed E-state index contributed by atoms with van der Waals surface area (Å²) in [7, 11) is -3.79. The maximum absolute atomic E-state index is 15.2. The minimum atomic E-state index is -3.79. The molecule has 0 radical (unpaired) electrons. The molecular formula is C32H32F3N5O3S. The van der Waals surface area contributed by atoms with E-state index in [1.807, 2.05) is 0 Å². The zero-order valence-corrected chi connectivity index (χ0v) is 24.5. The molecule has 230 valence electrons. The summed E-state index contributed by atoms with van der Waals surface area (Å²) in [5.41, 5.74) is 7.35. The highest BCUT2D eigenvalue weighted by Crippen LogP contribution is 2.30. The van der Waals surface area contributed by atoms with Gasteiger partial charge >= 0.3 is 0 Å². The number of piperazine rings is 1. The van der Waals surface area contributed by atoms with Gasteiger partial charge in [0, 0.05) is 37.2 Å². The van der Waals surface area contributed by atoms with Gasteiger partial charge in [0.15, 0.2) is 0 Å². The van der Waals surface area contributed by atoms with Crippen molar-refractivity contribution >= 4 is 21.6 Å². The third-order valence-corrected chi connectivity index (χ3v) is 9.68. The fourth-order valence-electron chi connectivity index (χ4n) is 5.54. The fourth-order valence-corrected chi connectivity index (χ4v) is 7.22. The number of aromatic nitrogens is 1. The van der Waals surface area contributed by atoms with Crippen LogP contribution in [0.2, 0.25) is 0 Å². The molecule has 1 amide bonds. The van der Waals surface area contributed by atoms with E-state index in [2.05, 4.69) is 15.6 Å². The zero-order chi connectivity index (χ0) is 31.3. The Morgan fingerprint density at radius 2 is 1.64 bits per heavy atom. The monoisotopic (exact) mass is 623 g/mol. The summed E-state index contributed by atoms with van der Waals surface area (Å²) < 4.78 is 71.7. The van der Waals surface area contributed by atoms with E-state index in [1.54, 1.807) is 30.3 Å². The lowest BCUT2D eigenvalue weighted by Gasteiger charge is -2.35. The molecule has 0 saturated carbocycles. The number of nitrogens with zero attached hydrogens (tertiary/aromatic N) is 2. The Balaban J connectivity index is 1.37. The number of rotatable bonds is 10. The maximum Gasteiger partial charge on any atom is 0.243 e. The Morgan fingerprint density at radius 1 is 0.977 bits per heavy atom. The molecule has 4 N–H and O–H groups in total. The van der Waals surface area contributed by atoms with Gasteiger partial charge in [-0.2, -0.15) is 4.31 Å². The van der Waals surface area contributed by atoms with Crippen molar-refractivity contribution in [1.29, 1.82) is 0 Å². The summed E-state index contributed by atoms with van der Waals surface area (Å²) in [5, 5.41) is 5.85. The lowest BCUT2D eigenvalue weighted by molar-refractivity contribution is -0.117. The van der Waals surface area contributed by atoms with Gasteiger partial charge in [-0.3, -0.25) is 9.78 Å². The first kappa shape index (κ1) is 31.3. The summed E-state index contributed by atoms with van der Waals surface area (Å²) in [6.07, 6.45) is 2.65. The van der Waals surface area contributed by atoms with E-state index >= 15 is 4.39 Å². The second kappa shape index (κ2) is 13.7. The Morgan fingerprint density at radius 3 is 2.27 bits per heavy atom. The average molecular weight is 624 g/mol. The van der Waals surface area contributed by atoms with Gasteiger partial charge in [-0.05, 0) is 60.4 Å². The van der Waals surface area contributed by atoms with Crippen LogP contribution in [0.1, 0.15) is 29.0 Å². The molecule has 1 fully saturated rings. The minimum absolute atomic E-state index is 0.0731. The molecule has 1 aliphatic rings. The third-order valence-electron chi connectivity index (χ3n) is 7.71. The molecule has 1 aliphatic heterocycles. The van der Waals surface area contributed by atoms with Crippen LogP contribution in [0.3, 0.4) is 0 Å². The number of sulfonamides is 1. The molecule has 1 aromatic heterocycles. The molecular weight excluding hydrogens is 591 g/mol. The molecule has 3 aromatic carbocycles. The van der Waals surface area contributed by atoms with Crippen molar-refractivity contribution in [2.24, 2.45) is 5.73 Å². The first-order valence-electron chi connectivity index (χ1n) is 14.1. The molecule has 2 atom stereocenters. The number of carbonyl (C=O) groups is 1. The molecule has 44 heavy (non-hydrogen) atoms. The fraction of sp³-hybridized carbons (Fsp3) is 0.250. The quantitative estimate of drug-likeness (QED) is 0.244. The first-order chi connectivity index (χ1) is 21.1. The second-order valence-corrected chi connectivity index (χ2v) is 12.5. The van der Waals surface area contributed by atoms with Crippen molar-refractivity contribution in [1.82, 2.24) is 14.6 Å². The number of anilines is 1. The molecule has 4 aromatic rings. The minimum Gasteiger partial charge on any atom is -0.323 e. The van der Waals surface area contributed by atoms with Crippen molar-refractivity contribution in [3.05, 3.63) is 125 Å². The van der Waals surface area contributed by atoms with Gasteiger partial charge in [0.05, 0.1) is 29.0 Å². The lowest BCUT2D eigenvalue weighted by Crippen LogP contribution is -2.53. The molecule has 0 unspecified atom stereocenters. The Labute approximate surface area is 254 Å². The third kappa shape index (κ3) is 6.99. The number of amides is 1. The van der Waals surface area contributed by atoms with Crippen LogP contribution in [-0.2, 0) is 21.2 Å². The van der Waals surface area contributed by atoms with E-state index in [1.165, 1.54) is 59.0 Å². The maximum atomic E-state index is 15.2. The Hall–Kier alpha value is -4.10. The lowest BCUT2D eigenvalue weighted by atomic mass is 9.85. The molecule has 0 spiro atoms. The highest BCUT2D eigenvalue weighted by Gasteiger charge is 2.34. The van der Waals surface area contributed by atoms with E-state index in [-0.39, 0.29) is 35.5 Å². The summed E-state index contributed by atoms with van der Waals surface area (Å²) >= 11 is 0. The number of carbonyl (C=O) groups excluding carboxylic acids is 1. The highest BCUT2D eigenvalue weighted by molar-refractivity contribution is 7.89. The molecule has 2 heterocycles. The van der Waals surface area contributed by atoms with Crippen LogP contribution >= 0.6 is 0 Å². The predicted molar refractivity (Wildman–Crippen MR) is 161 cm³/mol. The predicted octanol–water partition coefficient (Wildman–Crippen LogP) is 4.19. The number of hydrogen-bond donors (Lipinski definition) is 3. The molecule has 8 nitrogen and oxygen atoms in total. The highest BCUT2D eigenvalue weighted by atomic mass is 32.2. The van der Waals surface area contributed by atoms with E-state index in [9.17, 15) is 22.0 Å². The SMILES string of the molecule is N[C@H](C(=O)Nc1cncc(F)c1CC[C@H]1CNCCN1S(=O)(=O)c1ccccc1)C(c1cccc(F)c1)c1cccc(F)c1. The Bertz CT molecular complexity index is 1680. The van der Waals surface area contributed by atoms with Crippen molar-refractivity contribution in [2.45, 2.75) is 35.7 Å². The van der Waals surface area contributed by atoms with Crippen molar-refractivity contribution in [2.75, 3.05) is 25.0 Å². The second-order valence-electron chi connectivity index (χ2n) is 10.6. The standard InChI is InChI=1S/C32H32F3N5O3S/c33-23-8-4-6-21(16-23)30(22-7-5-9-24(34)17-22)31(36)32(41)39-29-20-38-19-28(35)27(29)13-12-25-18-37-14-15-40(25)44(42,43)26-10-2-1-3-11-26/h1-11,16-17,19-20,25,30-31,37H,12-15,18,36H2,(H,39,41)/t25-,31-/m0/s1. The van der Waals surface area contributed by atoms with Crippen molar-refractivity contribution in [3.63, 3.8) is 0 Å². The normalized spacial score (nSPS) is 16.5. The largest absolute Gasteiger partial charge is 0.323 e. The number of nitrogens with one attached hydrogen (secondary N) is 2. The van der Waals surface area contributed by atoms with Crippen LogP contribution in [0.15, 0.2) is 96.2 Å². The van der Waals surface area contributed by atoms with Crippen LogP contribution in [0, 0.1) is 17.5 Å². The van der Waals surface area contributed by atoms with E-state index in [0.717, 1.165) is 6.20 Å². The van der Waals surface area contributed by atoms with Crippen LogP contribution in [0.25, 0.3) is 0 Å². The van der Waals surface area contributed by atoms with Crippen LogP contribution in [0.4, 0.5) is 18.9 Å². The zero-order valence-electron chi connectivity index (χ0n) is 23.7. The molecule has 5 rings (SSSR count). The van der Waals surface area contributed by atoms with E-state index in [4.69, 9.17) is 5.73 Å². The smallest absolute Gasteiger partial charge is 0.243 e. The van der Waals surface area contributed by atoms with Crippen LogP contribution < -0.4 is 16.4 Å². The molecule has 0 bridgehead atoms. The molecule has 1 saturated heterocycles. The van der Waals surface area contributed by atoms with Gasteiger partial charge in [-0.15, -0.1) is 0 Å². The van der Waals surface area contributed by atoms with E-state index in [0.29, 0.717) is 24.2 Å². The van der Waals surface area contributed by atoms with Crippen LogP contribution in [0.5, 0.6) is 0 Å². The van der Waals surface area contributed by atoms with Crippen molar-refractivity contribution < 1.29 is 26.4 Å². The van der Waals surface area contributed by atoms with Gasteiger partial charge in [-0.1, -0.05) is 42.5 Å². The Kier molecular flexibility index (Phi) is 9.74. The van der Waals surface area contributed by atoms with Gasteiger partial charge in [0.1, 0.15) is 17.5 Å². The number of halogens is 3. The number of benzene rings is 3. The summed E-state index contributed by atoms with van der Waals surface area (Å²) in [6.45, 7) is 1.10. The number of pyridine rings is 1. The first-order valence-corrected chi connectivity index (χ1v) is 15.6. The summed E-state index contributed by atoms with van der Waals surface area (Å²) in [6, 6.07) is 17.4. The van der Waals surface area contributed by atoms with Gasteiger partial charge < -0.3 is 16.4 Å². The van der Waals surface area contributed by atoms with Crippen molar-refractivity contribution in [3.8, 4) is 0 Å². The average Bonchev–Trinajstić information content (AvgIpc) is 3.01. The summed E-state index contributed by atoms with van der Waals surface area (Å²) in [5.74, 6) is -3.41.